The van der Waals surface area contributed by atoms with E-state index in [2.05, 4.69) is 5.32 Å². The van der Waals surface area contributed by atoms with Gasteiger partial charge in [0.05, 0.1) is 23.1 Å². The number of carbonyl (C=O) groups excluding carboxylic acids is 1. The van der Waals surface area contributed by atoms with Gasteiger partial charge in [0.1, 0.15) is 5.82 Å². The molecule has 2 heterocycles. The lowest BCUT2D eigenvalue weighted by molar-refractivity contribution is -0.0440. The Labute approximate surface area is 186 Å². The SMILES string of the molecule is C[C@@H]1CN(S(=O)(=O)c2ccc(C(=O)N[C@@H]3CCSc4ccc(F)cc43)cc2)C[C@@H](C)O1. The number of fused-ring (bicyclic) bond motifs is 1. The highest BCUT2D eigenvalue weighted by Gasteiger charge is 2.32. The van der Waals surface area contributed by atoms with Crippen molar-refractivity contribution in [2.24, 2.45) is 0 Å². The Kier molecular flexibility index (Phi) is 6.39. The average molecular weight is 465 g/mol. The van der Waals surface area contributed by atoms with E-state index < -0.39 is 10.0 Å². The summed E-state index contributed by atoms with van der Waals surface area (Å²) < 4.78 is 46.7. The number of thioether (sulfide) groups is 1. The lowest BCUT2D eigenvalue weighted by atomic mass is 10.0. The van der Waals surface area contributed by atoms with Gasteiger partial charge in [-0.15, -0.1) is 11.8 Å². The maximum Gasteiger partial charge on any atom is 0.251 e. The molecule has 0 radical (unpaired) electrons. The number of carbonyl (C=O) groups is 1. The van der Waals surface area contributed by atoms with E-state index in [1.165, 1.54) is 40.7 Å². The van der Waals surface area contributed by atoms with Crippen LogP contribution in [0.4, 0.5) is 4.39 Å². The number of morpholine rings is 1. The Bertz CT molecular complexity index is 1070. The van der Waals surface area contributed by atoms with Crippen molar-refractivity contribution in [1.29, 1.82) is 0 Å². The second kappa shape index (κ2) is 8.90. The number of hydrogen-bond acceptors (Lipinski definition) is 5. The summed E-state index contributed by atoms with van der Waals surface area (Å²) in [5.74, 6) is 0.184. The predicted octanol–water partition coefficient (Wildman–Crippen LogP) is 3.59. The molecule has 0 unspecified atom stereocenters. The second-order valence-corrected chi connectivity index (χ2v) is 11.0. The molecule has 3 atom stereocenters. The minimum atomic E-state index is -3.67. The molecule has 1 amide bonds. The highest BCUT2D eigenvalue weighted by molar-refractivity contribution is 7.99. The average Bonchev–Trinajstić information content (AvgIpc) is 2.73. The van der Waals surface area contributed by atoms with Gasteiger partial charge in [0.15, 0.2) is 0 Å². The lowest BCUT2D eigenvalue weighted by Crippen LogP contribution is -2.48. The van der Waals surface area contributed by atoms with E-state index in [1.54, 1.807) is 17.8 Å². The van der Waals surface area contributed by atoms with Crippen molar-refractivity contribution in [3.8, 4) is 0 Å². The monoisotopic (exact) mass is 464 g/mol. The maximum absolute atomic E-state index is 13.7. The van der Waals surface area contributed by atoms with Gasteiger partial charge >= 0.3 is 0 Å². The third kappa shape index (κ3) is 4.79. The maximum atomic E-state index is 13.7. The zero-order valence-corrected chi connectivity index (χ0v) is 19.0. The Morgan fingerprint density at radius 3 is 2.48 bits per heavy atom. The summed E-state index contributed by atoms with van der Waals surface area (Å²) in [6, 6.07) is 10.3. The molecule has 9 heteroatoms. The van der Waals surface area contributed by atoms with Crippen LogP contribution in [0, 0.1) is 5.82 Å². The van der Waals surface area contributed by atoms with E-state index in [9.17, 15) is 17.6 Å². The number of benzene rings is 2. The van der Waals surface area contributed by atoms with E-state index in [0.717, 1.165) is 16.2 Å². The first-order chi connectivity index (χ1) is 14.7. The second-order valence-electron chi connectivity index (χ2n) is 7.95. The molecule has 1 N–H and O–H groups in total. The lowest BCUT2D eigenvalue weighted by Gasteiger charge is -2.34. The molecular formula is C22H25FN2O4S2. The summed E-state index contributed by atoms with van der Waals surface area (Å²) in [6.45, 7) is 4.29. The minimum absolute atomic E-state index is 0.145. The van der Waals surface area contributed by atoms with Crippen LogP contribution in [0.5, 0.6) is 0 Å². The van der Waals surface area contributed by atoms with Gasteiger partial charge in [-0.25, -0.2) is 12.8 Å². The molecule has 2 aromatic rings. The van der Waals surface area contributed by atoms with Crippen molar-refractivity contribution in [3.05, 3.63) is 59.4 Å². The molecule has 0 saturated carbocycles. The number of halogens is 1. The molecule has 0 aliphatic carbocycles. The Hall–Kier alpha value is -1.94. The van der Waals surface area contributed by atoms with Gasteiger partial charge in [-0.1, -0.05) is 0 Å². The fraction of sp³-hybridized carbons (Fsp3) is 0.409. The molecule has 1 fully saturated rings. The molecule has 166 valence electrons. The molecule has 6 nitrogen and oxygen atoms in total. The van der Waals surface area contributed by atoms with E-state index >= 15 is 0 Å². The van der Waals surface area contributed by atoms with Crippen LogP contribution in [0.3, 0.4) is 0 Å². The Morgan fingerprint density at radius 1 is 1.13 bits per heavy atom. The molecule has 1 saturated heterocycles. The minimum Gasteiger partial charge on any atom is -0.373 e. The summed E-state index contributed by atoms with van der Waals surface area (Å²) in [6.07, 6.45) is 0.349. The fourth-order valence-corrected chi connectivity index (χ4v) is 6.71. The highest BCUT2D eigenvalue weighted by Crippen LogP contribution is 2.36. The third-order valence-electron chi connectivity index (χ3n) is 5.46. The Balaban J connectivity index is 1.49. The topological polar surface area (TPSA) is 75.7 Å². The van der Waals surface area contributed by atoms with Gasteiger partial charge in [0.25, 0.3) is 5.91 Å². The summed E-state index contributed by atoms with van der Waals surface area (Å²) in [4.78, 5) is 13.9. The highest BCUT2D eigenvalue weighted by atomic mass is 32.2. The zero-order valence-electron chi connectivity index (χ0n) is 17.4. The van der Waals surface area contributed by atoms with Crippen LogP contribution in [0.25, 0.3) is 0 Å². The molecule has 0 aromatic heterocycles. The van der Waals surface area contributed by atoms with Crippen molar-refractivity contribution in [1.82, 2.24) is 9.62 Å². The van der Waals surface area contributed by atoms with Crippen LogP contribution >= 0.6 is 11.8 Å². The number of nitrogens with zero attached hydrogens (tertiary/aromatic N) is 1. The van der Waals surface area contributed by atoms with Gasteiger partial charge < -0.3 is 10.1 Å². The van der Waals surface area contributed by atoms with E-state index in [0.29, 0.717) is 25.1 Å². The van der Waals surface area contributed by atoms with E-state index in [1.807, 2.05) is 13.8 Å². The van der Waals surface area contributed by atoms with Crippen molar-refractivity contribution in [3.63, 3.8) is 0 Å². The van der Waals surface area contributed by atoms with Gasteiger partial charge in [-0.2, -0.15) is 4.31 Å². The molecule has 2 aromatic carbocycles. The quantitative estimate of drug-likeness (QED) is 0.749. The number of hydrogen-bond donors (Lipinski definition) is 1. The van der Waals surface area contributed by atoms with Crippen LogP contribution in [0.1, 0.15) is 42.2 Å². The van der Waals surface area contributed by atoms with Crippen molar-refractivity contribution < 1.29 is 22.3 Å². The van der Waals surface area contributed by atoms with Crippen LogP contribution in [-0.4, -0.2) is 49.7 Å². The van der Waals surface area contributed by atoms with Gasteiger partial charge in [0.2, 0.25) is 10.0 Å². The van der Waals surface area contributed by atoms with Crippen molar-refractivity contribution in [2.75, 3.05) is 18.8 Å². The summed E-state index contributed by atoms with van der Waals surface area (Å²) >= 11 is 1.64. The largest absolute Gasteiger partial charge is 0.373 e. The van der Waals surface area contributed by atoms with Gasteiger partial charge in [-0.3, -0.25) is 4.79 Å². The number of rotatable bonds is 4. The molecule has 2 aliphatic rings. The fourth-order valence-electron chi connectivity index (χ4n) is 4.01. The number of nitrogens with one attached hydrogen (secondary N) is 1. The van der Waals surface area contributed by atoms with Crippen LogP contribution in [0.15, 0.2) is 52.3 Å². The first-order valence-electron chi connectivity index (χ1n) is 10.2. The predicted molar refractivity (Wildman–Crippen MR) is 117 cm³/mol. The van der Waals surface area contributed by atoms with Crippen LogP contribution in [0.2, 0.25) is 0 Å². The standard InChI is InChI=1S/C22H25FN2O4S2/c1-14-12-25(13-15(2)29-14)31(27,28)18-6-3-16(4-7-18)22(26)24-20-9-10-30-21-8-5-17(23)11-19(20)21/h3-8,11,14-15,20H,9-10,12-13H2,1-2H3,(H,24,26)/t14-,15-,20-/m1/s1. The smallest absolute Gasteiger partial charge is 0.251 e. The molecule has 0 bridgehead atoms. The number of ether oxygens (including phenoxy) is 1. The van der Waals surface area contributed by atoms with Crippen molar-refractivity contribution in [2.45, 2.75) is 48.3 Å². The molecule has 31 heavy (non-hydrogen) atoms. The summed E-state index contributed by atoms with van der Waals surface area (Å²) in [7, 11) is -3.67. The van der Waals surface area contributed by atoms with Crippen LogP contribution in [-0.2, 0) is 14.8 Å². The first-order valence-corrected chi connectivity index (χ1v) is 12.7. The summed E-state index contributed by atoms with van der Waals surface area (Å²) in [5.41, 5.74) is 1.14. The molecule has 4 rings (SSSR count). The zero-order chi connectivity index (χ0) is 22.2. The first kappa shape index (κ1) is 22.3. The molecular weight excluding hydrogens is 439 g/mol. The third-order valence-corrected chi connectivity index (χ3v) is 8.43. The van der Waals surface area contributed by atoms with Gasteiger partial charge in [0, 0.05) is 29.3 Å². The number of amides is 1. The Morgan fingerprint density at radius 2 is 1.81 bits per heavy atom. The summed E-state index contributed by atoms with van der Waals surface area (Å²) in [5, 5.41) is 2.96. The van der Waals surface area contributed by atoms with Crippen LogP contribution < -0.4 is 5.32 Å². The normalized spacial score (nSPS) is 24.4. The van der Waals surface area contributed by atoms with E-state index in [4.69, 9.17) is 4.74 Å². The van der Waals surface area contributed by atoms with E-state index in [-0.39, 0.29) is 34.9 Å². The van der Waals surface area contributed by atoms with Gasteiger partial charge in [-0.05, 0) is 68.3 Å². The number of sulfonamides is 1. The van der Waals surface area contributed by atoms with Crippen molar-refractivity contribution >= 4 is 27.7 Å². The molecule has 0 spiro atoms. The molecule has 2 aliphatic heterocycles.